The second-order valence-corrected chi connectivity index (χ2v) is 6.98. The van der Waals surface area contributed by atoms with E-state index >= 15 is 0 Å². The summed E-state index contributed by atoms with van der Waals surface area (Å²) in [6, 6.07) is 4.39. The maximum Gasteiger partial charge on any atom is 0.165 e. The topological polar surface area (TPSA) is 58.6 Å². The van der Waals surface area contributed by atoms with Crippen LogP contribution in [0.1, 0.15) is 12.8 Å². The third kappa shape index (κ3) is 2.70. The van der Waals surface area contributed by atoms with Crippen molar-refractivity contribution in [1.82, 2.24) is 20.0 Å². The van der Waals surface area contributed by atoms with Gasteiger partial charge < -0.3 is 10.0 Å². The highest BCUT2D eigenvalue weighted by molar-refractivity contribution is 6.31. The monoisotopic (exact) mass is 335 g/mol. The van der Waals surface area contributed by atoms with Crippen molar-refractivity contribution in [2.24, 2.45) is 0 Å². The highest BCUT2D eigenvalue weighted by Crippen LogP contribution is 2.32. The number of likely N-dealkylation sites (N-methyl/N-ethyl adjacent to an activating group) is 1. The van der Waals surface area contributed by atoms with Crippen molar-refractivity contribution in [2.45, 2.75) is 25.2 Å². The fraction of sp³-hybridized carbons (Fsp3) is 0.562. The van der Waals surface area contributed by atoms with E-state index in [4.69, 9.17) is 11.6 Å². The molecule has 2 aromatic rings. The maximum absolute atomic E-state index is 10.3. The Morgan fingerprint density at radius 1 is 1.22 bits per heavy atom. The summed E-state index contributed by atoms with van der Waals surface area (Å²) < 4.78 is 0. The molecule has 6 nitrogen and oxygen atoms in total. The zero-order chi connectivity index (χ0) is 16.0. The van der Waals surface area contributed by atoms with Crippen molar-refractivity contribution in [3.05, 3.63) is 23.4 Å². The van der Waals surface area contributed by atoms with Crippen LogP contribution in [0.4, 0.5) is 5.69 Å². The van der Waals surface area contributed by atoms with Crippen LogP contribution in [0, 0.1) is 0 Å². The van der Waals surface area contributed by atoms with Crippen LogP contribution in [0.15, 0.2) is 18.3 Å². The molecule has 2 saturated heterocycles. The minimum atomic E-state index is -0.432. The summed E-state index contributed by atoms with van der Waals surface area (Å²) in [5.74, 6) is 0. The number of fused-ring (bicyclic) bond motifs is 1. The largest absolute Gasteiger partial charge is 0.371 e. The van der Waals surface area contributed by atoms with Crippen LogP contribution in [0.5, 0.6) is 0 Å². The number of hydrogen-bond acceptors (Lipinski definition) is 5. The third-order valence-corrected chi connectivity index (χ3v) is 5.40. The lowest BCUT2D eigenvalue weighted by Gasteiger charge is -2.39. The lowest BCUT2D eigenvalue weighted by Crippen LogP contribution is -2.48. The summed E-state index contributed by atoms with van der Waals surface area (Å²) in [5, 5.41) is 19.2. The minimum Gasteiger partial charge on any atom is -0.371 e. The fourth-order valence-corrected chi connectivity index (χ4v) is 4.04. The molecule has 2 aliphatic rings. The number of anilines is 1. The molecular weight excluding hydrogens is 314 g/mol. The van der Waals surface area contributed by atoms with Gasteiger partial charge in [0, 0.05) is 48.3 Å². The summed E-state index contributed by atoms with van der Waals surface area (Å²) in [7, 11) is 1.97. The van der Waals surface area contributed by atoms with Gasteiger partial charge in [0.2, 0.25) is 0 Å². The molecule has 0 saturated carbocycles. The Hall–Kier alpha value is -1.34. The Bertz CT molecular complexity index is 697. The molecule has 1 atom stereocenters. The number of aromatic amines is 1. The molecule has 0 amide bonds. The molecule has 0 spiro atoms. The van der Waals surface area contributed by atoms with Crippen molar-refractivity contribution in [2.75, 3.05) is 38.1 Å². The van der Waals surface area contributed by atoms with Crippen molar-refractivity contribution >= 4 is 28.2 Å². The Kier molecular flexibility index (Phi) is 3.93. The first-order valence-corrected chi connectivity index (χ1v) is 8.53. The number of nitrogens with one attached hydrogen (secondary N) is 1. The number of nitrogens with zero attached hydrogens (tertiary/aromatic N) is 4. The highest BCUT2D eigenvalue weighted by Gasteiger charge is 2.34. The van der Waals surface area contributed by atoms with E-state index in [-0.39, 0.29) is 0 Å². The van der Waals surface area contributed by atoms with Gasteiger partial charge in [0.25, 0.3) is 0 Å². The molecule has 23 heavy (non-hydrogen) atoms. The number of aromatic nitrogens is 2. The van der Waals surface area contributed by atoms with Gasteiger partial charge in [-0.25, -0.2) is 0 Å². The van der Waals surface area contributed by atoms with E-state index < -0.39 is 6.35 Å². The minimum absolute atomic E-state index is 0.432. The van der Waals surface area contributed by atoms with E-state index in [1.54, 1.807) is 0 Å². The molecule has 2 aliphatic heterocycles. The quantitative estimate of drug-likeness (QED) is 0.875. The molecule has 7 heteroatoms. The zero-order valence-electron chi connectivity index (χ0n) is 13.2. The van der Waals surface area contributed by atoms with E-state index in [1.165, 1.54) is 0 Å². The molecule has 4 rings (SSSR count). The number of halogens is 1. The zero-order valence-corrected chi connectivity index (χ0v) is 14.0. The van der Waals surface area contributed by atoms with Gasteiger partial charge in [-0.3, -0.25) is 14.9 Å². The number of H-pyrrole nitrogens is 1. The van der Waals surface area contributed by atoms with Crippen LogP contribution < -0.4 is 4.90 Å². The first kappa shape index (κ1) is 15.2. The van der Waals surface area contributed by atoms with Crippen molar-refractivity contribution in [3.63, 3.8) is 0 Å². The summed E-state index contributed by atoms with van der Waals surface area (Å²) in [6.07, 6.45) is 3.54. The Balaban J connectivity index is 1.50. The summed E-state index contributed by atoms with van der Waals surface area (Å²) >= 11 is 6.25. The Morgan fingerprint density at radius 2 is 2.00 bits per heavy atom. The molecule has 3 heterocycles. The fourth-order valence-electron chi connectivity index (χ4n) is 3.83. The highest BCUT2D eigenvalue weighted by atomic mass is 35.5. The molecule has 1 aromatic heterocycles. The molecule has 1 aromatic carbocycles. The van der Waals surface area contributed by atoms with Crippen LogP contribution in [-0.4, -0.2) is 70.7 Å². The average molecular weight is 336 g/mol. The summed E-state index contributed by atoms with van der Waals surface area (Å²) in [4.78, 5) is 6.60. The SMILES string of the molecule is CN1CCN(C2CCN(c3cc(Cl)cc4[nH]ncc34)CC2)C1O. The normalized spacial score (nSPS) is 24.8. The van der Waals surface area contributed by atoms with Crippen molar-refractivity contribution < 1.29 is 5.11 Å². The van der Waals surface area contributed by atoms with Crippen LogP contribution in [-0.2, 0) is 0 Å². The molecule has 124 valence electrons. The van der Waals surface area contributed by atoms with Gasteiger partial charge in [-0.2, -0.15) is 5.10 Å². The predicted molar refractivity (Wildman–Crippen MR) is 91.7 cm³/mol. The molecular formula is C16H22ClN5O. The molecule has 2 N–H and O–H groups in total. The number of hydrogen-bond donors (Lipinski definition) is 2. The lowest BCUT2D eigenvalue weighted by atomic mass is 10.0. The van der Waals surface area contributed by atoms with E-state index in [0.717, 1.165) is 60.6 Å². The van der Waals surface area contributed by atoms with Gasteiger partial charge in [-0.05, 0) is 32.0 Å². The number of benzene rings is 1. The molecule has 0 bridgehead atoms. The van der Waals surface area contributed by atoms with E-state index in [2.05, 4.69) is 20.0 Å². The van der Waals surface area contributed by atoms with E-state index in [0.29, 0.717) is 6.04 Å². The van der Waals surface area contributed by atoms with Gasteiger partial charge >= 0.3 is 0 Å². The van der Waals surface area contributed by atoms with Crippen LogP contribution in [0.2, 0.25) is 5.02 Å². The Morgan fingerprint density at radius 3 is 2.70 bits per heavy atom. The molecule has 1 unspecified atom stereocenters. The van der Waals surface area contributed by atoms with Crippen molar-refractivity contribution in [3.8, 4) is 0 Å². The maximum atomic E-state index is 10.3. The standard InChI is InChI=1S/C16H22ClN5O/c1-20-6-7-22(16(20)23)12-2-4-21(5-3-12)15-9-11(17)8-14-13(15)10-18-19-14/h8-10,12,16,23H,2-7H2,1H3,(H,18,19). The summed E-state index contributed by atoms with van der Waals surface area (Å²) in [5.41, 5.74) is 2.13. The average Bonchev–Trinajstić information content (AvgIpc) is 3.14. The second kappa shape index (κ2) is 5.94. The van der Waals surface area contributed by atoms with Gasteiger partial charge in [0.05, 0.1) is 11.7 Å². The van der Waals surface area contributed by atoms with Crippen LogP contribution in [0.3, 0.4) is 0 Å². The molecule has 2 fully saturated rings. The Labute approximate surface area is 140 Å². The van der Waals surface area contributed by atoms with Crippen molar-refractivity contribution in [1.29, 1.82) is 0 Å². The number of aliphatic hydroxyl groups is 1. The van der Waals surface area contributed by atoms with Crippen LogP contribution in [0.25, 0.3) is 10.9 Å². The van der Waals surface area contributed by atoms with Gasteiger partial charge in [0.15, 0.2) is 6.35 Å². The third-order valence-electron chi connectivity index (χ3n) is 5.18. The van der Waals surface area contributed by atoms with Gasteiger partial charge in [-0.1, -0.05) is 11.6 Å². The van der Waals surface area contributed by atoms with E-state index in [1.807, 2.05) is 30.3 Å². The molecule has 0 radical (unpaired) electrons. The van der Waals surface area contributed by atoms with Gasteiger partial charge in [-0.15, -0.1) is 0 Å². The number of aliphatic hydroxyl groups excluding tert-OH is 1. The lowest BCUT2D eigenvalue weighted by molar-refractivity contribution is -0.0688. The van der Waals surface area contributed by atoms with Crippen LogP contribution >= 0.6 is 11.6 Å². The number of rotatable bonds is 2. The first-order valence-electron chi connectivity index (χ1n) is 8.15. The molecule has 0 aliphatic carbocycles. The predicted octanol–water partition coefficient (Wildman–Crippen LogP) is 1.71. The second-order valence-electron chi connectivity index (χ2n) is 6.54. The summed E-state index contributed by atoms with van der Waals surface area (Å²) in [6.45, 7) is 3.83. The first-order chi connectivity index (χ1) is 11.1. The van der Waals surface area contributed by atoms with Gasteiger partial charge in [0.1, 0.15) is 0 Å². The van der Waals surface area contributed by atoms with E-state index in [9.17, 15) is 5.11 Å². The number of piperidine rings is 1. The smallest absolute Gasteiger partial charge is 0.165 e.